The second-order valence-electron chi connectivity index (χ2n) is 5.47. The molecule has 2 rings (SSSR count). The second kappa shape index (κ2) is 9.45. The number of hydrogen-bond donors (Lipinski definition) is 1. The fourth-order valence-electron chi connectivity index (χ4n) is 2.22. The van der Waals surface area contributed by atoms with Gasteiger partial charge in [-0.05, 0) is 40.9 Å². The molecule has 0 atom stereocenters. The summed E-state index contributed by atoms with van der Waals surface area (Å²) >= 11 is 3.25. The van der Waals surface area contributed by atoms with Crippen LogP contribution in [0.2, 0.25) is 0 Å². The molecule has 0 aliphatic heterocycles. The predicted octanol–water partition coefficient (Wildman–Crippen LogP) is 2.93. The van der Waals surface area contributed by atoms with Gasteiger partial charge in [-0.25, -0.2) is 13.8 Å². The molecule has 0 unspecified atom stereocenters. The maximum absolute atomic E-state index is 14.0. The predicted molar refractivity (Wildman–Crippen MR) is 93.2 cm³/mol. The molecule has 0 saturated heterocycles. The van der Waals surface area contributed by atoms with Gasteiger partial charge in [-0.15, -0.1) is 0 Å². The zero-order valence-electron chi connectivity index (χ0n) is 14.4. The van der Waals surface area contributed by atoms with Gasteiger partial charge in [0.25, 0.3) is 5.91 Å². The number of oxazole rings is 1. The molecule has 1 heterocycles. The fourth-order valence-corrected chi connectivity index (χ4v) is 2.69. The molecule has 1 aromatic carbocycles. The molecule has 0 radical (unpaired) electrons. The van der Waals surface area contributed by atoms with E-state index in [1.807, 2.05) is 0 Å². The van der Waals surface area contributed by atoms with Gasteiger partial charge < -0.3 is 19.6 Å². The number of nitrogens with two attached hydrogens (primary N) is 1. The van der Waals surface area contributed by atoms with Crippen LogP contribution in [0.5, 0.6) is 5.75 Å². The van der Waals surface area contributed by atoms with Crippen LogP contribution < -0.4 is 10.5 Å². The quantitative estimate of drug-likeness (QED) is 0.468. The van der Waals surface area contributed by atoms with Crippen molar-refractivity contribution in [1.29, 1.82) is 0 Å². The van der Waals surface area contributed by atoms with E-state index in [-0.39, 0.29) is 24.9 Å². The van der Waals surface area contributed by atoms with E-state index in [4.69, 9.17) is 19.6 Å². The molecule has 2 N–H and O–H groups in total. The summed E-state index contributed by atoms with van der Waals surface area (Å²) in [5.41, 5.74) is 4.76. The summed E-state index contributed by atoms with van der Waals surface area (Å²) in [4.78, 5) is 26.1. The van der Waals surface area contributed by atoms with E-state index in [1.165, 1.54) is 6.92 Å². The molecule has 2 aromatic rings. The van der Waals surface area contributed by atoms with Gasteiger partial charge in [0.1, 0.15) is 11.4 Å². The molecule has 0 bridgehead atoms. The van der Waals surface area contributed by atoms with Crippen LogP contribution in [0, 0.1) is 11.6 Å². The third-order valence-electron chi connectivity index (χ3n) is 3.43. The van der Waals surface area contributed by atoms with Crippen LogP contribution in [0.4, 0.5) is 8.78 Å². The molecule has 0 fully saturated rings. The molecule has 1 aromatic heterocycles. The summed E-state index contributed by atoms with van der Waals surface area (Å²) < 4.78 is 43.4. The lowest BCUT2D eigenvalue weighted by Crippen LogP contribution is -2.16. The summed E-state index contributed by atoms with van der Waals surface area (Å²) in [6, 6.07) is 2.01. The first-order valence-corrected chi connectivity index (χ1v) is 8.77. The minimum atomic E-state index is -1.21. The Labute approximate surface area is 162 Å². The van der Waals surface area contributed by atoms with E-state index in [2.05, 4.69) is 20.9 Å². The molecule has 10 heteroatoms. The number of amides is 1. The van der Waals surface area contributed by atoms with Crippen LogP contribution in [-0.2, 0) is 22.4 Å². The van der Waals surface area contributed by atoms with Gasteiger partial charge >= 0.3 is 5.97 Å². The minimum Gasteiger partial charge on any atom is -0.490 e. The van der Waals surface area contributed by atoms with Crippen LogP contribution in [0.25, 0.3) is 0 Å². The van der Waals surface area contributed by atoms with E-state index in [9.17, 15) is 18.4 Å². The molecule has 0 aliphatic rings. The molecule has 0 saturated carbocycles. The Bertz CT molecular complexity index is 841. The molecule has 0 aliphatic carbocycles. The van der Waals surface area contributed by atoms with Gasteiger partial charge in [-0.3, -0.25) is 9.59 Å². The van der Waals surface area contributed by atoms with E-state index >= 15 is 0 Å². The molecule has 146 valence electrons. The van der Waals surface area contributed by atoms with Gasteiger partial charge in [0.15, 0.2) is 22.1 Å². The Balaban J connectivity index is 1.87. The van der Waals surface area contributed by atoms with Crippen molar-refractivity contribution in [2.24, 2.45) is 5.73 Å². The van der Waals surface area contributed by atoms with Gasteiger partial charge in [-0.2, -0.15) is 0 Å². The van der Waals surface area contributed by atoms with Crippen LogP contribution >= 0.6 is 15.9 Å². The lowest BCUT2D eigenvalue weighted by atomic mass is 10.1. The van der Waals surface area contributed by atoms with Crippen molar-refractivity contribution < 1.29 is 32.3 Å². The van der Waals surface area contributed by atoms with Gasteiger partial charge in [0.2, 0.25) is 0 Å². The first-order chi connectivity index (χ1) is 12.8. The number of hydrogen-bond acceptors (Lipinski definition) is 6. The first kappa shape index (κ1) is 20.8. The molecular formula is C17H17BrF2N2O5. The number of primary amides is 1. The van der Waals surface area contributed by atoms with E-state index < -0.39 is 23.1 Å². The van der Waals surface area contributed by atoms with Gasteiger partial charge in [-0.1, -0.05) is 0 Å². The van der Waals surface area contributed by atoms with Crippen molar-refractivity contribution in [3.63, 3.8) is 0 Å². The standard InChI is InChI=1S/C17H17BrF2N2O5/c1-9(23)25-8-6-13-22-11(16(18)27-13)3-2-7-26-12-5-4-10(19)14(15(12)20)17(21)24/h4-5H,2-3,6-8H2,1H3,(H2,21,24). The van der Waals surface area contributed by atoms with E-state index in [1.54, 1.807) is 0 Å². The number of halogens is 3. The zero-order valence-corrected chi connectivity index (χ0v) is 16.0. The summed E-state index contributed by atoms with van der Waals surface area (Å²) in [5.74, 6) is -3.60. The smallest absolute Gasteiger partial charge is 0.302 e. The number of carbonyl (C=O) groups excluding carboxylic acids is 2. The van der Waals surface area contributed by atoms with Crippen molar-refractivity contribution in [3.8, 4) is 5.75 Å². The van der Waals surface area contributed by atoms with Crippen molar-refractivity contribution in [2.45, 2.75) is 26.2 Å². The number of esters is 1. The minimum absolute atomic E-state index is 0.100. The average molecular weight is 447 g/mol. The van der Waals surface area contributed by atoms with Crippen molar-refractivity contribution in [1.82, 2.24) is 4.98 Å². The maximum Gasteiger partial charge on any atom is 0.302 e. The summed E-state index contributed by atoms with van der Waals surface area (Å²) in [5, 5.41) is 0. The highest BCUT2D eigenvalue weighted by Gasteiger charge is 2.19. The number of nitrogens with zero attached hydrogens (tertiary/aromatic N) is 1. The summed E-state index contributed by atoms with van der Waals surface area (Å²) in [6.07, 6.45) is 1.26. The third-order valence-corrected chi connectivity index (χ3v) is 4.05. The van der Waals surface area contributed by atoms with Gasteiger partial charge in [0, 0.05) is 6.92 Å². The highest BCUT2D eigenvalue weighted by Crippen LogP contribution is 2.24. The fraction of sp³-hybridized carbons (Fsp3) is 0.353. The Kier molecular flexibility index (Phi) is 7.28. The van der Waals surface area contributed by atoms with E-state index in [0.29, 0.717) is 35.5 Å². The topological polar surface area (TPSA) is 105 Å². The average Bonchev–Trinajstić information content (AvgIpc) is 2.92. The largest absolute Gasteiger partial charge is 0.490 e. The first-order valence-electron chi connectivity index (χ1n) is 7.97. The van der Waals surface area contributed by atoms with Crippen molar-refractivity contribution in [2.75, 3.05) is 13.2 Å². The Hall–Kier alpha value is -2.49. The van der Waals surface area contributed by atoms with Crippen LogP contribution in [0.1, 0.15) is 35.3 Å². The van der Waals surface area contributed by atoms with Crippen LogP contribution in [0.15, 0.2) is 21.2 Å². The SMILES string of the molecule is CC(=O)OCCc1nc(CCCOc2ccc(F)c(C(N)=O)c2F)c(Br)o1. The highest BCUT2D eigenvalue weighted by atomic mass is 79.9. The zero-order chi connectivity index (χ0) is 20.0. The number of carbonyl (C=O) groups is 2. The highest BCUT2D eigenvalue weighted by molar-refractivity contribution is 9.10. The Morgan fingerprint density at radius 3 is 2.67 bits per heavy atom. The molecule has 1 amide bonds. The van der Waals surface area contributed by atoms with Crippen molar-refractivity contribution in [3.05, 3.63) is 45.6 Å². The third kappa shape index (κ3) is 5.75. The number of aromatic nitrogens is 1. The number of ether oxygens (including phenoxy) is 2. The lowest BCUT2D eigenvalue weighted by Gasteiger charge is -2.09. The maximum atomic E-state index is 14.0. The van der Waals surface area contributed by atoms with Crippen LogP contribution in [-0.4, -0.2) is 30.1 Å². The lowest BCUT2D eigenvalue weighted by molar-refractivity contribution is -0.140. The molecule has 27 heavy (non-hydrogen) atoms. The second-order valence-corrected chi connectivity index (χ2v) is 6.19. The molecule has 7 nitrogen and oxygen atoms in total. The van der Waals surface area contributed by atoms with Crippen molar-refractivity contribution >= 4 is 27.8 Å². The number of rotatable bonds is 9. The summed E-state index contributed by atoms with van der Waals surface area (Å²) in [6.45, 7) is 1.58. The Morgan fingerprint density at radius 2 is 2.00 bits per heavy atom. The normalized spacial score (nSPS) is 10.7. The molecule has 0 spiro atoms. The van der Waals surface area contributed by atoms with Crippen LogP contribution in [0.3, 0.4) is 0 Å². The van der Waals surface area contributed by atoms with E-state index in [0.717, 1.165) is 12.1 Å². The summed E-state index contributed by atoms with van der Waals surface area (Å²) in [7, 11) is 0. The Morgan fingerprint density at radius 1 is 1.26 bits per heavy atom. The number of benzene rings is 1. The number of aryl methyl sites for hydroxylation is 1. The monoisotopic (exact) mass is 446 g/mol. The molecular weight excluding hydrogens is 430 g/mol. The van der Waals surface area contributed by atoms with Gasteiger partial charge in [0.05, 0.1) is 25.3 Å².